The van der Waals surface area contributed by atoms with E-state index in [1.807, 2.05) is 6.92 Å². The minimum absolute atomic E-state index is 0.0356. The van der Waals surface area contributed by atoms with Gasteiger partial charge in [0.25, 0.3) is 0 Å². The smallest absolute Gasteiger partial charge is 0.421 e. The number of imidazole rings is 1. The van der Waals surface area contributed by atoms with Gasteiger partial charge in [-0.2, -0.15) is 22.0 Å². The monoisotopic (exact) mass is 528 g/mol. The number of carbonyl (C=O) groups is 1. The maximum atomic E-state index is 14.7. The molecule has 1 saturated carbocycles. The molecule has 1 N–H and O–H groups in total. The fraction of sp³-hybridized carbons (Fsp3) is 0.462. The number of Topliss-reactive ketones (excluding diaryl/α,β-unsaturated/α-hetero) is 1. The third kappa shape index (κ3) is 5.32. The molecule has 3 aromatic rings. The van der Waals surface area contributed by atoms with Crippen molar-refractivity contribution < 1.29 is 41.0 Å². The summed E-state index contributed by atoms with van der Waals surface area (Å²) in [7, 11) is 0. The van der Waals surface area contributed by atoms with Crippen molar-refractivity contribution >= 4 is 16.8 Å². The summed E-state index contributed by atoms with van der Waals surface area (Å²) in [6.07, 6.45) is -3.86. The molecule has 0 saturated heterocycles. The van der Waals surface area contributed by atoms with E-state index < -0.39 is 47.5 Å². The molecule has 11 heteroatoms. The van der Waals surface area contributed by atoms with Crippen LogP contribution in [0, 0.1) is 5.82 Å². The van der Waals surface area contributed by atoms with Crippen molar-refractivity contribution in [2.24, 2.45) is 0 Å². The van der Waals surface area contributed by atoms with Crippen molar-refractivity contribution in [2.45, 2.75) is 75.8 Å². The van der Waals surface area contributed by atoms with Gasteiger partial charge in [-0.1, -0.05) is 30.3 Å². The van der Waals surface area contributed by atoms with Gasteiger partial charge in [-0.05, 0) is 38.2 Å². The van der Waals surface area contributed by atoms with Crippen LogP contribution in [0.5, 0.6) is 5.75 Å². The number of ketones is 1. The summed E-state index contributed by atoms with van der Waals surface area (Å²) in [6, 6.07) is 8.54. The zero-order chi connectivity index (χ0) is 27.0. The van der Waals surface area contributed by atoms with Crippen LogP contribution in [0.25, 0.3) is 11.0 Å². The van der Waals surface area contributed by atoms with Crippen molar-refractivity contribution in [3.8, 4) is 5.75 Å². The van der Waals surface area contributed by atoms with Crippen LogP contribution in [0.15, 0.2) is 42.5 Å². The SMILES string of the molecule is CC1(n2c(CCCC(=O)CC(O)(c3ccccc3)C(F)(F)F)nc3c(F)cc(OC(F)F)cc32)CCC1. The van der Waals surface area contributed by atoms with Crippen LogP contribution >= 0.6 is 0 Å². The van der Waals surface area contributed by atoms with E-state index in [1.165, 1.54) is 24.3 Å². The minimum Gasteiger partial charge on any atom is -0.435 e. The molecule has 5 nitrogen and oxygen atoms in total. The number of ether oxygens (including phenoxy) is 1. The van der Waals surface area contributed by atoms with E-state index in [2.05, 4.69) is 9.72 Å². The molecule has 1 fully saturated rings. The Bertz CT molecular complexity index is 1270. The summed E-state index contributed by atoms with van der Waals surface area (Å²) in [5.41, 5.74) is -3.95. The summed E-state index contributed by atoms with van der Waals surface area (Å²) < 4.78 is 87.5. The first-order chi connectivity index (χ1) is 17.3. The first kappa shape index (κ1) is 27.0. The van der Waals surface area contributed by atoms with Gasteiger partial charge in [-0.15, -0.1) is 0 Å². The van der Waals surface area contributed by atoms with E-state index in [9.17, 15) is 36.2 Å². The molecule has 1 aliphatic rings. The van der Waals surface area contributed by atoms with Gasteiger partial charge >= 0.3 is 12.8 Å². The summed E-state index contributed by atoms with van der Waals surface area (Å²) in [6.45, 7) is -1.21. The number of aliphatic hydroxyl groups is 1. The number of rotatable bonds is 10. The van der Waals surface area contributed by atoms with Crippen LogP contribution in [0.3, 0.4) is 0 Å². The number of nitrogens with zero attached hydrogens (tertiary/aromatic N) is 2. The quantitative estimate of drug-likeness (QED) is 0.309. The van der Waals surface area contributed by atoms with Gasteiger partial charge < -0.3 is 14.4 Å². The molecule has 2 aromatic carbocycles. The van der Waals surface area contributed by atoms with E-state index in [0.717, 1.165) is 37.5 Å². The molecular weight excluding hydrogens is 502 g/mol. The number of fused-ring (bicyclic) bond motifs is 1. The van der Waals surface area contributed by atoms with E-state index in [0.29, 0.717) is 5.82 Å². The Morgan fingerprint density at radius 2 is 1.86 bits per heavy atom. The highest BCUT2D eigenvalue weighted by Gasteiger charge is 2.55. The molecule has 37 heavy (non-hydrogen) atoms. The van der Waals surface area contributed by atoms with Crippen LogP contribution < -0.4 is 4.74 Å². The van der Waals surface area contributed by atoms with Crippen LogP contribution in [0.2, 0.25) is 0 Å². The number of carbonyl (C=O) groups excluding carboxylic acids is 1. The van der Waals surface area contributed by atoms with Gasteiger partial charge in [0.15, 0.2) is 11.4 Å². The molecule has 200 valence electrons. The molecule has 0 radical (unpaired) electrons. The number of aryl methyl sites for hydroxylation is 1. The highest BCUT2D eigenvalue weighted by molar-refractivity contribution is 5.80. The van der Waals surface area contributed by atoms with Crippen molar-refractivity contribution in [3.05, 3.63) is 59.7 Å². The molecule has 1 aliphatic carbocycles. The zero-order valence-corrected chi connectivity index (χ0v) is 20.0. The number of hydrogen-bond acceptors (Lipinski definition) is 4. The van der Waals surface area contributed by atoms with Crippen molar-refractivity contribution in [1.82, 2.24) is 9.55 Å². The summed E-state index contributed by atoms with van der Waals surface area (Å²) in [4.78, 5) is 16.9. The third-order valence-corrected chi connectivity index (χ3v) is 6.98. The van der Waals surface area contributed by atoms with Crippen LogP contribution in [-0.2, 0) is 22.4 Å². The third-order valence-electron chi connectivity index (χ3n) is 6.98. The molecule has 1 unspecified atom stereocenters. The highest BCUT2D eigenvalue weighted by atomic mass is 19.4. The van der Waals surface area contributed by atoms with Crippen LogP contribution in [0.4, 0.5) is 26.3 Å². The Hall–Kier alpha value is -3.08. The Kier molecular flexibility index (Phi) is 7.29. The Labute approximate surface area is 209 Å². The average Bonchev–Trinajstić information content (AvgIpc) is 3.16. The number of benzene rings is 2. The lowest BCUT2D eigenvalue weighted by Gasteiger charge is -2.41. The predicted octanol–water partition coefficient (Wildman–Crippen LogP) is 6.41. The van der Waals surface area contributed by atoms with Crippen molar-refractivity contribution in [1.29, 1.82) is 0 Å². The van der Waals surface area contributed by atoms with Gasteiger partial charge in [0.05, 0.1) is 5.52 Å². The van der Waals surface area contributed by atoms with Gasteiger partial charge in [0.2, 0.25) is 0 Å². The molecule has 0 spiro atoms. The number of halogens is 6. The van der Waals surface area contributed by atoms with E-state index in [1.54, 1.807) is 4.57 Å². The summed E-state index contributed by atoms with van der Waals surface area (Å²) in [5, 5.41) is 10.4. The second kappa shape index (κ2) is 10.00. The molecule has 1 atom stereocenters. The summed E-state index contributed by atoms with van der Waals surface area (Å²) in [5.74, 6) is -1.59. The second-order valence-electron chi connectivity index (χ2n) is 9.66. The van der Waals surface area contributed by atoms with Gasteiger partial charge in [0, 0.05) is 36.9 Å². The predicted molar refractivity (Wildman–Crippen MR) is 123 cm³/mol. The minimum atomic E-state index is -5.06. The van der Waals surface area contributed by atoms with Crippen molar-refractivity contribution in [3.63, 3.8) is 0 Å². The molecule has 1 heterocycles. The van der Waals surface area contributed by atoms with Gasteiger partial charge in [0.1, 0.15) is 22.9 Å². The molecule has 0 bridgehead atoms. The first-order valence-electron chi connectivity index (χ1n) is 11.9. The molecule has 0 amide bonds. The molecule has 0 aliphatic heterocycles. The first-order valence-corrected chi connectivity index (χ1v) is 11.9. The number of hydrogen-bond donors (Lipinski definition) is 1. The number of aromatic nitrogens is 2. The maximum absolute atomic E-state index is 14.7. The Morgan fingerprint density at radius 3 is 2.43 bits per heavy atom. The molecular formula is C26H26F6N2O3. The lowest BCUT2D eigenvalue weighted by molar-refractivity contribution is -0.267. The Balaban J connectivity index is 1.55. The van der Waals surface area contributed by atoms with E-state index in [-0.39, 0.29) is 36.0 Å². The largest absolute Gasteiger partial charge is 0.435 e. The zero-order valence-electron chi connectivity index (χ0n) is 20.0. The lowest BCUT2D eigenvalue weighted by Crippen LogP contribution is -2.44. The second-order valence-corrected chi connectivity index (χ2v) is 9.66. The summed E-state index contributed by atoms with van der Waals surface area (Å²) >= 11 is 0. The van der Waals surface area contributed by atoms with E-state index in [4.69, 9.17) is 0 Å². The standard InChI is InChI=1S/C26H26F6N2O3/c1-24(11-6-12-24)34-20-14-18(37-23(28)29)13-19(27)22(20)33-21(34)10-5-9-17(35)15-25(36,26(30,31)32)16-7-3-2-4-8-16/h2-4,7-8,13-14,23,36H,5-6,9-12,15H2,1H3. The topological polar surface area (TPSA) is 64.4 Å². The van der Waals surface area contributed by atoms with Gasteiger partial charge in [-0.3, -0.25) is 4.79 Å². The normalized spacial score (nSPS) is 17.0. The van der Waals surface area contributed by atoms with E-state index >= 15 is 0 Å². The molecule has 4 rings (SSSR count). The average molecular weight is 528 g/mol. The van der Waals surface area contributed by atoms with Crippen molar-refractivity contribution in [2.75, 3.05) is 0 Å². The highest BCUT2D eigenvalue weighted by Crippen LogP contribution is 2.44. The maximum Gasteiger partial charge on any atom is 0.421 e. The fourth-order valence-corrected chi connectivity index (χ4v) is 4.91. The lowest BCUT2D eigenvalue weighted by atomic mass is 9.78. The molecule has 1 aromatic heterocycles. The Morgan fingerprint density at radius 1 is 1.19 bits per heavy atom. The van der Waals surface area contributed by atoms with Crippen LogP contribution in [0.1, 0.15) is 56.8 Å². The van der Waals surface area contributed by atoms with Gasteiger partial charge in [-0.25, -0.2) is 9.37 Å². The fourth-order valence-electron chi connectivity index (χ4n) is 4.91. The number of alkyl halides is 5. The van der Waals surface area contributed by atoms with Crippen LogP contribution in [-0.4, -0.2) is 33.2 Å².